The van der Waals surface area contributed by atoms with E-state index in [9.17, 15) is 80.1 Å². The Morgan fingerprint density at radius 3 is 2.17 bits per heavy atom. The maximum atomic E-state index is 12.5. The number of aliphatic carboxylic acids is 4. The zero-order valence-electron chi connectivity index (χ0n) is 31.4. The number of fused-ring (bicyclic) bond motifs is 1. The summed E-state index contributed by atoms with van der Waals surface area (Å²) in [5, 5.41) is 122. The van der Waals surface area contributed by atoms with Crippen molar-refractivity contribution < 1.29 is 109 Å². The molecular weight excluding hydrogens is 812 g/mol. The summed E-state index contributed by atoms with van der Waals surface area (Å²) in [6.07, 6.45) is -17.2. The minimum absolute atomic E-state index is 0.111. The van der Waals surface area contributed by atoms with E-state index in [1.165, 1.54) is 23.2 Å². The van der Waals surface area contributed by atoms with Crippen molar-refractivity contribution in [2.75, 3.05) is 18.1 Å². The summed E-state index contributed by atoms with van der Waals surface area (Å²) in [6, 6.07) is -0.470. The molecule has 4 aliphatic rings. The molecule has 2 saturated heterocycles. The summed E-state index contributed by atoms with van der Waals surface area (Å²) in [5.41, 5.74) is -2.04. The first-order chi connectivity index (χ1) is 28.1. The van der Waals surface area contributed by atoms with Gasteiger partial charge in [0.15, 0.2) is 29.9 Å². The molecule has 4 aliphatic heterocycles. The lowest BCUT2D eigenvalue weighted by molar-refractivity contribution is -0.358. The van der Waals surface area contributed by atoms with Crippen LogP contribution in [0.2, 0.25) is 0 Å². The fourth-order valence-electron chi connectivity index (χ4n) is 6.89. The number of aliphatic hydroxyl groups excluding tert-OH is 6. The molecule has 24 heteroatoms. The highest BCUT2D eigenvalue weighted by atomic mass is 16.8. The summed E-state index contributed by atoms with van der Waals surface area (Å²) in [6.45, 7) is -0.639. The standard InChI is InChI=1S/C36H44N2O22/c1-36(55,9-23(41)42)10-24(43)56-12-22-26(45)28(47)30(60-34-29(48)27(46)25(44)21(11-39)58-34)35(59-22)57-20-7-14-6-18(33(53)54)38(17(14)8-19(20)40)3-2-13-4-15(31(49)50)37-16(5-13)32(51)52/h2-4,7-8,16,18,21-22,25-30,34-35,39-40,44-48,55H,5-6,9-12H2,1H3,(H,41,42)(H,49,50)(H,51,52)(H,53,54)/b3-2+/t16-,18+,21+,22+,25+,26+,27-,28-,29+,30+,34-,35+,36?/m0/s1. The number of phenolic OH excluding ortho intramolecular Hbond substituents is 1. The highest BCUT2D eigenvalue weighted by Gasteiger charge is 2.52. The lowest BCUT2D eigenvalue weighted by Gasteiger charge is -2.46. The van der Waals surface area contributed by atoms with Gasteiger partial charge < -0.3 is 89.9 Å². The molecule has 4 heterocycles. The Balaban J connectivity index is 1.43. The van der Waals surface area contributed by atoms with Crippen LogP contribution in [0.1, 0.15) is 31.7 Å². The Morgan fingerprint density at radius 2 is 1.55 bits per heavy atom. The number of carboxylic acid groups (broad SMARTS) is 4. The van der Waals surface area contributed by atoms with Gasteiger partial charge in [0, 0.05) is 30.8 Å². The molecule has 0 amide bonds. The van der Waals surface area contributed by atoms with Crippen LogP contribution >= 0.6 is 0 Å². The van der Waals surface area contributed by atoms with Crippen LogP contribution in [0.3, 0.4) is 0 Å². The molecule has 1 aromatic carbocycles. The number of anilines is 1. The number of dihydropyridines is 1. The third-order valence-electron chi connectivity index (χ3n) is 9.97. The molecule has 1 unspecified atom stereocenters. The topological polar surface area (TPSA) is 390 Å². The number of hydrogen-bond acceptors (Lipinski definition) is 20. The van der Waals surface area contributed by atoms with E-state index in [0.717, 1.165) is 19.1 Å². The monoisotopic (exact) mass is 856 g/mol. The highest BCUT2D eigenvalue weighted by molar-refractivity contribution is 6.41. The van der Waals surface area contributed by atoms with Crippen molar-refractivity contribution in [1.82, 2.24) is 0 Å². The van der Waals surface area contributed by atoms with Crippen LogP contribution in [0.25, 0.3) is 0 Å². The first kappa shape index (κ1) is 45.8. The van der Waals surface area contributed by atoms with Gasteiger partial charge in [0.1, 0.15) is 61.1 Å². The predicted molar refractivity (Wildman–Crippen MR) is 192 cm³/mol. The van der Waals surface area contributed by atoms with Crippen LogP contribution in [-0.4, -0.2) is 189 Å². The first-order valence-electron chi connectivity index (χ1n) is 18.1. The van der Waals surface area contributed by atoms with Gasteiger partial charge in [-0.1, -0.05) is 0 Å². The normalized spacial score (nSPS) is 32.6. The van der Waals surface area contributed by atoms with Crippen LogP contribution in [0, 0.1) is 0 Å². The number of benzene rings is 1. The van der Waals surface area contributed by atoms with Gasteiger partial charge in [0.05, 0.1) is 25.0 Å². The fourth-order valence-corrected chi connectivity index (χ4v) is 6.89. The van der Waals surface area contributed by atoms with E-state index >= 15 is 0 Å². The third-order valence-corrected chi connectivity index (χ3v) is 9.97. The molecule has 0 saturated carbocycles. The zero-order valence-corrected chi connectivity index (χ0v) is 31.4. The summed E-state index contributed by atoms with van der Waals surface area (Å²) in [4.78, 5) is 64.0. The molecule has 60 heavy (non-hydrogen) atoms. The predicted octanol–water partition coefficient (Wildman–Crippen LogP) is -3.80. The van der Waals surface area contributed by atoms with E-state index in [1.54, 1.807) is 0 Å². The van der Waals surface area contributed by atoms with Crippen molar-refractivity contribution in [3.63, 3.8) is 0 Å². The zero-order chi connectivity index (χ0) is 44.4. The maximum absolute atomic E-state index is 12.5. The van der Waals surface area contributed by atoms with Gasteiger partial charge in [0.2, 0.25) is 6.29 Å². The molecule has 0 aliphatic carbocycles. The maximum Gasteiger partial charge on any atom is 0.354 e. The van der Waals surface area contributed by atoms with Crippen molar-refractivity contribution in [3.8, 4) is 11.5 Å². The second-order valence-corrected chi connectivity index (χ2v) is 14.7. The number of carbonyl (C=O) groups excluding carboxylic acids is 1. The number of carboxylic acids is 4. The van der Waals surface area contributed by atoms with Crippen molar-refractivity contribution >= 4 is 41.2 Å². The van der Waals surface area contributed by atoms with Crippen LogP contribution in [-0.2, 0) is 49.3 Å². The molecule has 0 bridgehead atoms. The summed E-state index contributed by atoms with van der Waals surface area (Å²) in [7, 11) is 0. The minimum atomic E-state index is -2.08. The van der Waals surface area contributed by atoms with E-state index in [1.807, 2.05) is 0 Å². The van der Waals surface area contributed by atoms with Gasteiger partial charge >= 0.3 is 29.8 Å². The van der Waals surface area contributed by atoms with Crippen LogP contribution in [0.4, 0.5) is 5.69 Å². The number of phenols is 1. The number of rotatable bonds is 16. The van der Waals surface area contributed by atoms with Gasteiger partial charge in [-0.2, -0.15) is 0 Å². The van der Waals surface area contributed by atoms with Crippen molar-refractivity contribution in [2.24, 2.45) is 4.99 Å². The van der Waals surface area contributed by atoms with E-state index < -0.39 is 152 Å². The van der Waals surface area contributed by atoms with Crippen LogP contribution in [0.5, 0.6) is 11.5 Å². The molecule has 13 atom stereocenters. The van der Waals surface area contributed by atoms with Crippen molar-refractivity contribution in [3.05, 3.63) is 41.6 Å². The number of aromatic hydroxyl groups is 1. The van der Waals surface area contributed by atoms with Gasteiger partial charge in [-0.3, -0.25) is 14.6 Å². The quantitative estimate of drug-likeness (QED) is 0.0709. The number of hydrogen-bond donors (Lipinski definition) is 12. The molecule has 0 spiro atoms. The van der Waals surface area contributed by atoms with Crippen molar-refractivity contribution in [1.29, 1.82) is 0 Å². The van der Waals surface area contributed by atoms with Gasteiger partial charge in [-0.15, -0.1) is 0 Å². The molecule has 1 aromatic rings. The second-order valence-electron chi connectivity index (χ2n) is 14.7. The number of allylic oxidation sites excluding steroid dienone is 1. The first-order valence-corrected chi connectivity index (χ1v) is 18.1. The third kappa shape index (κ3) is 10.4. The Kier molecular flexibility index (Phi) is 14.2. The van der Waals surface area contributed by atoms with E-state index in [2.05, 4.69) is 4.99 Å². The highest BCUT2D eigenvalue weighted by Crippen LogP contribution is 2.42. The Morgan fingerprint density at radius 1 is 0.883 bits per heavy atom. The van der Waals surface area contributed by atoms with E-state index in [-0.39, 0.29) is 29.7 Å². The summed E-state index contributed by atoms with van der Waals surface area (Å²) in [5.74, 6) is -7.89. The lowest BCUT2D eigenvalue weighted by atomic mass is 9.97. The smallest absolute Gasteiger partial charge is 0.354 e. The Labute approximate surface area is 338 Å². The largest absolute Gasteiger partial charge is 0.504 e. The SMILES string of the molecule is CC(O)(CC(=O)O)CC(=O)OC[C@H]1O[C@@H](Oc2cc3c(cc2O)N(/C=C/C2=CC(C(=O)O)=N[C@H](C(=O)O)C2)[C@@H](C(=O)O)C3)[C@H](O[C@@H]2O[C@H](CO)[C@@H](O)[C@H](O)[C@H]2O)[C@@H](O)[C@@H]1O. The van der Waals surface area contributed by atoms with Gasteiger partial charge in [0.25, 0.3) is 0 Å². The number of ether oxygens (including phenoxy) is 5. The number of aliphatic imine (C=N–C) groups is 1. The molecule has 330 valence electrons. The molecule has 12 N–H and O–H groups in total. The Hall–Kier alpha value is -5.28. The molecule has 2 fully saturated rings. The van der Waals surface area contributed by atoms with E-state index in [0.29, 0.717) is 0 Å². The van der Waals surface area contributed by atoms with Crippen LogP contribution < -0.4 is 9.64 Å². The van der Waals surface area contributed by atoms with Gasteiger partial charge in [-0.05, 0) is 36.3 Å². The molecule has 24 nitrogen and oxygen atoms in total. The van der Waals surface area contributed by atoms with Crippen molar-refractivity contribution in [2.45, 2.75) is 112 Å². The molecular formula is C36H44N2O22. The molecule has 5 rings (SSSR count). The number of esters is 1. The summed E-state index contributed by atoms with van der Waals surface area (Å²) < 4.78 is 27.9. The van der Waals surface area contributed by atoms with E-state index in [4.69, 9.17) is 28.8 Å². The second kappa shape index (κ2) is 18.5. The molecule has 0 radical (unpaired) electrons. The summed E-state index contributed by atoms with van der Waals surface area (Å²) >= 11 is 0. The average Bonchev–Trinajstić information content (AvgIpc) is 3.52. The minimum Gasteiger partial charge on any atom is -0.504 e. The number of aliphatic hydroxyl groups is 7. The molecule has 0 aromatic heterocycles. The Bertz CT molecular complexity index is 1910. The van der Waals surface area contributed by atoms with Crippen LogP contribution in [0.15, 0.2) is 41.1 Å². The number of carbonyl (C=O) groups is 5. The number of nitrogens with zero attached hydrogens (tertiary/aromatic N) is 2. The lowest BCUT2D eigenvalue weighted by Crippen LogP contribution is -2.65. The van der Waals surface area contributed by atoms with Gasteiger partial charge in [-0.25, -0.2) is 14.4 Å². The average molecular weight is 857 g/mol. The fraction of sp³-hybridized carbons (Fsp3) is 0.556.